The van der Waals surface area contributed by atoms with E-state index < -0.39 is 0 Å². The maximum Gasteiger partial charge on any atom is 0.129 e. The Morgan fingerprint density at radius 2 is 1.81 bits per heavy atom. The van der Waals surface area contributed by atoms with Crippen LogP contribution in [0, 0.1) is 11.6 Å². The molecule has 0 saturated heterocycles. The minimum absolute atomic E-state index is 0.260. The van der Waals surface area contributed by atoms with Crippen molar-refractivity contribution in [1.29, 1.82) is 0 Å². The number of hydrogen-bond acceptors (Lipinski definition) is 2. The van der Waals surface area contributed by atoms with Crippen molar-refractivity contribution in [2.24, 2.45) is 0 Å². The van der Waals surface area contributed by atoms with Crippen LogP contribution in [0.4, 0.5) is 20.2 Å². The van der Waals surface area contributed by atoms with Gasteiger partial charge in [0.1, 0.15) is 11.6 Å². The van der Waals surface area contributed by atoms with E-state index in [2.05, 4.69) is 5.32 Å². The molecule has 0 heterocycles. The Labute approximate surface area is 124 Å². The van der Waals surface area contributed by atoms with Crippen molar-refractivity contribution in [3.8, 4) is 0 Å². The Morgan fingerprint density at radius 1 is 1.10 bits per heavy atom. The van der Waals surface area contributed by atoms with Crippen LogP contribution in [0.25, 0.3) is 0 Å². The maximum absolute atomic E-state index is 14.1. The Kier molecular flexibility index (Phi) is 4.91. The molecule has 0 saturated carbocycles. The van der Waals surface area contributed by atoms with E-state index in [9.17, 15) is 8.78 Å². The molecule has 0 fully saturated rings. The van der Waals surface area contributed by atoms with Gasteiger partial charge in [-0.25, -0.2) is 8.78 Å². The van der Waals surface area contributed by atoms with Crippen LogP contribution < -0.4 is 10.2 Å². The van der Waals surface area contributed by atoms with Gasteiger partial charge in [0.15, 0.2) is 0 Å². The second-order valence-electron chi connectivity index (χ2n) is 5.31. The molecule has 2 aromatic carbocycles. The van der Waals surface area contributed by atoms with E-state index in [-0.39, 0.29) is 17.7 Å². The number of anilines is 2. The fraction of sp³-hybridized carbons (Fsp3) is 0.294. The molecule has 0 spiro atoms. The third kappa shape index (κ3) is 3.79. The van der Waals surface area contributed by atoms with Crippen molar-refractivity contribution in [1.82, 2.24) is 5.32 Å². The number of nitrogens with zero attached hydrogens (tertiary/aromatic N) is 1. The summed E-state index contributed by atoms with van der Waals surface area (Å²) >= 11 is 0. The molecule has 0 aliphatic carbocycles. The van der Waals surface area contributed by atoms with Crippen LogP contribution in [-0.2, 0) is 6.54 Å². The summed E-state index contributed by atoms with van der Waals surface area (Å²) in [6, 6.07) is 11.5. The normalized spacial score (nSPS) is 11.0. The van der Waals surface area contributed by atoms with E-state index in [4.69, 9.17) is 0 Å². The van der Waals surface area contributed by atoms with Crippen LogP contribution in [0.1, 0.15) is 19.4 Å². The molecule has 0 aromatic heterocycles. The largest absolute Gasteiger partial charge is 0.344 e. The summed E-state index contributed by atoms with van der Waals surface area (Å²) in [6.45, 7) is 4.45. The van der Waals surface area contributed by atoms with E-state index in [0.717, 1.165) is 5.69 Å². The van der Waals surface area contributed by atoms with Crippen LogP contribution >= 0.6 is 0 Å². The number of nitrogens with one attached hydrogen (secondary N) is 1. The molecule has 0 amide bonds. The zero-order valence-electron chi connectivity index (χ0n) is 12.5. The van der Waals surface area contributed by atoms with Crippen LogP contribution in [0.5, 0.6) is 0 Å². The molecule has 0 radical (unpaired) electrons. The first kappa shape index (κ1) is 15.4. The fourth-order valence-corrected chi connectivity index (χ4v) is 2.17. The van der Waals surface area contributed by atoms with Gasteiger partial charge in [-0.1, -0.05) is 26.0 Å². The Bertz CT molecular complexity index is 611. The lowest BCUT2D eigenvalue weighted by Crippen LogP contribution is -2.24. The average molecular weight is 290 g/mol. The van der Waals surface area contributed by atoms with E-state index >= 15 is 0 Å². The molecular weight excluding hydrogens is 270 g/mol. The van der Waals surface area contributed by atoms with Gasteiger partial charge >= 0.3 is 0 Å². The predicted molar refractivity (Wildman–Crippen MR) is 82.8 cm³/mol. The first-order valence-electron chi connectivity index (χ1n) is 6.99. The Morgan fingerprint density at radius 3 is 2.48 bits per heavy atom. The SMILES string of the molecule is CC(C)NCc1c(F)cccc1N(C)c1cccc(F)c1. The summed E-state index contributed by atoms with van der Waals surface area (Å²) in [7, 11) is 1.81. The van der Waals surface area contributed by atoms with E-state index in [1.54, 1.807) is 23.1 Å². The average Bonchev–Trinajstić information content (AvgIpc) is 2.45. The summed E-state index contributed by atoms with van der Waals surface area (Å²) in [5.74, 6) is -0.568. The van der Waals surface area contributed by atoms with Gasteiger partial charge in [-0.3, -0.25) is 0 Å². The first-order valence-corrected chi connectivity index (χ1v) is 6.99. The molecular formula is C17H20F2N2. The third-order valence-electron chi connectivity index (χ3n) is 3.34. The molecule has 2 rings (SSSR count). The lowest BCUT2D eigenvalue weighted by atomic mass is 10.1. The molecule has 4 heteroatoms. The molecule has 112 valence electrons. The molecule has 21 heavy (non-hydrogen) atoms. The number of hydrogen-bond donors (Lipinski definition) is 1. The van der Waals surface area contributed by atoms with Gasteiger partial charge in [0.05, 0.1) is 0 Å². The Hall–Kier alpha value is -1.94. The smallest absolute Gasteiger partial charge is 0.129 e. The van der Waals surface area contributed by atoms with E-state index in [1.165, 1.54) is 18.2 Å². The summed E-state index contributed by atoms with van der Waals surface area (Å²) in [4.78, 5) is 1.80. The van der Waals surface area contributed by atoms with Gasteiger partial charge < -0.3 is 10.2 Å². The second-order valence-corrected chi connectivity index (χ2v) is 5.31. The lowest BCUT2D eigenvalue weighted by Gasteiger charge is -2.23. The number of rotatable bonds is 5. The maximum atomic E-state index is 14.1. The zero-order valence-corrected chi connectivity index (χ0v) is 12.5. The van der Waals surface area contributed by atoms with E-state index in [0.29, 0.717) is 17.8 Å². The summed E-state index contributed by atoms with van der Waals surface area (Å²) in [5, 5.41) is 3.22. The van der Waals surface area contributed by atoms with Gasteiger partial charge in [0.2, 0.25) is 0 Å². The van der Waals surface area contributed by atoms with Crippen LogP contribution in [0.2, 0.25) is 0 Å². The van der Waals surface area contributed by atoms with Crippen LogP contribution in [-0.4, -0.2) is 13.1 Å². The topological polar surface area (TPSA) is 15.3 Å². The quantitative estimate of drug-likeness (QED) is 0.886. The standard InChI is InChI=1S/C17H20F2N2/c1-12(2)20-11-15-16(19)8-5-9-17(15)21(3)14-7-4-6-13(18)10-14/h4-10,12,20H,11H2,1-3H3. The van der Waals surface area contributed by atoms with Gasteiger partial charge in [-0.15, -0.1) is 0 Å². The van der Waals surface area contributed by atoms with Gasteiger partial charge in [-0.2, -0.15) is 0 Å². The molecule has 0 atom stereocenters. The van der Waals surface area contributed by atoms with Crippen LogP contribution in [0.3, 0.4) is 0 Å². The van der Waals surface area contributed by atoms with E-state index in [1.807, 2.05) is 27.0 Å². The minimum atomic E-state index is -0.308. The van der Waals surface area contributed by atoms with Crippen molar-refractivity contribution < 1.29 is 8.78 Å². The summed E-state index contributed by atoms with van der Waals surface area (Å²) < 4.78 is 27.5. The molecule has 2 nitrogen and oxygen atoms in total. The Balaban J connectivity index is 2.36. The number of benzene rings is 2. The highest BCUT2D eigenvalue weighted by Crippen LogP contribution is 2.29. The zero-order chi connectivity index (χ0) is 15.4. The van der Waals surface area contributed by atoms with Crippen molar-refractivity contribution in [2.45, 2.75) is 26.4 Å². The van der Waals surface area contributed by atoms with Crippen molar-refractivity contribution >= 4 is 11.4 Å². The summed E-state index contributed by atoms with van der Waals surface area (Å²) in [6.07, 6.45) is 0. The number of halogens is 2. The molecule has 1 N–H and O–H groups in total. The molecule has 2 aromatic rings. The second kappa shape index (κ2) is 6.68. The molecule has 0 unspecified atom stereocenters. The van der Waals surface area contributed by atoms with Gasteiger partial charge in [-0.05, 0) is 30.3 Å². The molecule has 0 bridgehead atoms. The highest BCUT2D eigenvalue weighted by Gasteiger charge is 2.14. The lowest BCUT2D eigenvalue weighted by molar-refractivity contribution is 0.553. The third-order valence-corrected chi connectivity index (χ3v) is 3.34. The van der Waals surface area contributed by atoms with Crippen molar-refractivity contribution in [3.63, 3.8) is 0 Å². The molecule has 0 aliphatic heterocycles. The fourth-order valence-electron chi connectivity index (χ4n) is 2.17. The van der Waals surface area contributed by atoms with Gasteiger partial charge in [0.25, 0.3) is 0 Å². The minimum Gasteiger partial charge on any atom is -0.344 e. The van der Waals surface area contributed by atoms with Gasteiger partial charge in [0, 0.05) is 36.6 Å². The summed E-state index contributed by atoms with van der Waals surface area (Å²) in [5.41, 5.74) is 2.00. The predicted octanol–water partition coefficient (Wildman–Crippen LogP) is 4.23. The molecule has 0 aliphatic rings. The monoisotopic (exact) mass is 290 g/mol. The van der Waals surface area contributed by atoms with Crippen molar-refractivity contribution in [3.05, 3.63) is 59.7 Å². The highest BCUT2D eigenvalue weighted by atomic mass is 19.1. The van der Waals surface area contributed by atoms with Crippen LogP contribution in [0.15, 0.2) is 42.5 Å². The van der Waals surface area contributed by atoms with Crippen molar-refractivity contribution in [2.75, 3.05) is 11.9 Å². The highest BCUT2D eigenvalue weighted by molar-refractivity contribution is 5.66. The first-order chi connectivity index (χ1) is 9.99.